The number of nitrogens with one attached hydrogen (secondary N) is 1. The summed E-state index contributed by atoms with van der Waals surface area (Å²) in [7, 11) is 0. The van der Waals surface area contributed by atoms with E-state index in [0.717, 1.165) is 35.1 Å². The van der Waals surface area contributed by atoms with E-state index in [4.69, 9.17) is 0 Å². The Morgan fingerprint density at radius 3 is 2.68 bits per heavy atom. The molecule has 0 saturated heterocycles. The highest BCUT2D eigenvalue weighted by Crippen LogP contribution is 2.18. The van der Waals surface area contributed by atoms with Crippen LogP contribution in [-0.4, -0.2) is 23.2 Å². The normalized spacial score (nSPS) is 14.4. The van der Waals surface area contributed by atoms with Gasteiger partial charge in [0.15, 0.2) is 11.0 Å². The van der Waals surface area contributed by atoms with Crippen LogP contribution in [0.1, 0.15) is 33.5 Å². The number of allylic oxidation sites excluding steroid dienone is 1. The first-order valence-corrected chi connectivity index (χ1v) is 9.44. The summed E-state index contributed by atoms with van der Waals surface area (Å²) >= 11 is 1.74. The zero-order valence-corrected chi connectivity index (χ0v) is 15.4. The zero-order chi connectivity index (χ0) is 17.6. The molecule has 1 aliphatic heterocycles. The number of carbonyl (C=O) groups excluding carboxylic acids is 1. The van der Waals surface area contributed by atoms with Gasteiger partial charge in [0.2, 0.25) is 0 Å². The summed E-state index contributed by atoms with van der Waals surface area (Å²) in [6.45, 7) is 4.99. The monoisotopic (exact) mass is 350 g/mol. The van der Waals surface area contributed by atoms with Crippen molar-refractivity contribution in [3.05, 3.63) is 70.8 Å². The van der Waals surface area contributed by atoms with E-state index in [1.54, 1.807) is 17.8 Å². The van der Waals surface area contributed by atoms with Gasteiger partial charge in [-0.2, -0.15) is 0 Å². The molecule has 0 aromatic heterocycles. The third-order valence-electron chi connectivity index (χ3n) is 4.07. The number of carbonyl (C=O) groups is 1. The van der Waals surface area contributed by atoms with E-state index in [1.165, 1.54) is 11.1 Å². The minimum absolute atomic E-state index is 0.0110. The Morgan fingerprint density at radius 1 is 1.16 bits per heavy atom. The van der Waals surface area contributed by atoms with Crippen molar-refractivity contribution in [1.82, 2.24) is 0 Å². The van der Waals surface area contributed by atoms with Gasteiger partial charge < -0.3 is 5.32 Å². The molecule has 128 valence electrons. The molecule has 0 atom stereocenters. The lowest BCUT2D eigenvalue weighted by Gasteiger charge is -2.13. The van der Waals surface area contributed by atoms with Gasteiger partial charge in [-0.1, -0.05) is 41.6 Å². The Bertz CT molecular complexity index is 822. The highest BCUT2D eigenvalue weighted by molar-refractivity contribution is 8.14. The summed E-state index contributed by atoms with van der Waals surface area (Å²) in [5.74, 6) is 1.11. The number of ketones is 1. The second kappa shape index (κ2) is 8.17. The molecule has 4 heteroatoms. The van der Waals surface area contributed by atoms with Gasteiger partial charge in [0, 0.05) is 23.5 Å². The van der Waals surface area contributed by atoms with Crippen LogP contribution in [-0.2, 0) is 0 Å². The van der Waals surface area contributed by atoms with Crippen LogP contribution in [0.5, 0.6) is 0 Å². The molecule has 0 aliphatic carbocycles. The number of benzene rings is 2. The van der Waals surface area contributed by atoms with Crippen LogP contribution in [0.25, 0.3) is 6.08 Å². The summed E-state index contributed by atoms with van der Waals surface area (Å²) in [6, 6.07) is 13.8. The minimum atomic E-state index is 0.0110. The standard InChI is InChI=1S/C21H22N2OS/c1-15-4-5-16(2)18(14-15)8-11-20(24)17-6-9-19(10-7-17)23-21-22-12-3-13-25-21/h4-11,14H,3,12-13H2,1-2H3,(H,22,23). The lowest BCUT2D eigenvalue weighted by molar-refractivity contribution is 0.104. The highest BCUT2D eigenvalue weighted by Gasteiger charge is 2.07. The fraction of sp³-hybridized carbons (Fsp3) is 0.238. The first-order chi connectivity index (χ1) is 12.1. The molecule has 0 spiro atoms. The lowest BCUT2D eigenvalue weighted by atomic mass is 10.0. The molecule has 3 rings (SSSR count). The quantitative estimate of drug-likeness (QED) is 0.616. The lowest BCUT2D eigenvalue weighted by Crippen LogP contribution is -2.13. The van der Waals surface area contributed by atoms with E-state index in [9.17, 15) is 4.79 Å². The molecule has 0 saturated carbocycles. The molecule has 25 heavy (non-hydrogen) atoms. The van der Waals surface area contributed by atoms with Crippen molar-refractivity contribution in [1.29, 1.82) is 0 Å². The van der Waals surface area contributed by atoms with Crippen LogP contribution in [0.15, 0.2) is 53.5 Å². The predicted octanol–water partition coefficient (Wildman–Crippen LogP) is 5.10. The first kappa shape index (κ1) is 17.5. The Hall–Kier alpha value is -2.33. The molecule has 1 aliphatic rings. The molecular formula is C21H22N2OS. The maximum Gasteiger partial charge on any atom is 0.185 e. The molecule has 2 aromatic rings. The van der Waals surface area contributed by atoms with E-state index in [-0.39, 0.29) is 5.78 Å². The second-order valence-corrected chi connectivity index (χ2v) is 7.23. The number of amidine groups is 1. The maximum atomic E-state index is 12.4. The van der Waals surface area contributed by atoms with Crippen LogP contribution < -0.4 is 5.32 Å². The Balaban J connectivity index is 1.67. The molecule has 3 nitrogen and oxygen atoms in total. The average molecular weight is 350 g/mol. The van der Waals surface area contributed by atoms with Gasteiger partial charge in [0.25, 0.3) is 0 Å². The number of hydrogen-bond acceptors (Lipinski definition) is 4. The molecule has 2 aromatic carbocycles. The molecule has 0 amide bonds. The molecule has 0 bridgehead atoms. The van der Waals surface area contributed by atoms with E-state index >= 15 is 0 Å². The predicted molar refractivity (Wildman–Crippen MR) is 109 cm³/mol. The van der Waals surface area contributed by atoms with Crippen molar-refractivity contribution in [3.8, 4) is 0 Å². The Kier molecular flexibility index (Phi) is 5.71. The number of hydrogen-bond donors (Lipinski definition) is 1. The molecule has 1 heterocycles. The smallest absolute Gasteiger partial charge is 0.185 e. The summed E-state index contributed by atoms with van der Waals surface area (Å²) in [5.41, 5.74) is 5.09. The van der Waals surface area contributed by atoms with Crippen molar-refractivity contribution in [2.24, 2.45) is 4.99 Å². The van der Waals surface area contributed by atoms with Crippen LogP contribution >= 0.6 is 11.8 Å². The van der Waals surface area contributed by atoms with Crippen molar-refractivity contribution in [3.63, 3.8) is 0 Å². The number of anilines is 1. The Labute approximate surface area is 153 Å². The van der Waals surface area contributed by atoms with Gasteiger partial charge in [0.1, 0.15) is 0 Å². The largest absolute Gasteiger partial charge is 0.335 e. The summed E-state index contributed by atoms with van der Waals surface area (Å²) < 4.78 is 0. The van der Waals surface area contributed by atoms with Gasteiger partial charge in [-0.15, -0.1) is 0 Å². The van der Waals surface area contributed by atoms with E-state index in [2.05, 4.69) is 42.4 Å². The third kappa shape index (κ3) is 4.83. The van der Waals surface area contributed by atoms with E-state index in [1.807, 2.05) is 30.3 Å². The van der Waals surface area contributed by atoms with Gasteiger partial charge in [0.05, 0.1) is 0 Å². The van der Waals surface area contributed by atoms with Gasteiger partial charge in [-0.05, 0) is 61.7 Å². The van der Waals surface area contributed by atoms with Gasteiger partial charge >= 0.3 is 0 Å². The number of aliphatic imine (C=N–C) groups is 1. The highest BCUT2D eigenvalue weighted by atomic mass is 32.2. The minimum Gasteiger partial charge on any atom is -0.335 e. The zero-order valence-electron chi connectivity index (χ0n) is 14.6. The number of aryl methyl sites for hydroxylation is 2. The molecular weight excluding hydrogens is 328 g/mol. The average Bonchev–Trinajstić information content (AvgIpc) is 2.64. The second-order valence-electron chi connectivity index (χ2n) is 6.15. The van der Waals surface area contributed by atoms with Crippen LogP contribution in [0.2, 0.25) is 0 Å². The summed E-state index contributed by atoms with van der Waals surface area (Å²) in [5, 5.41) is 4.26. The van der Waals surface area contributed by atoms with Crippen molar-refractivity contribution in [2.75, 3.05) is 17.6 Å². The first-order valence-electron chi connectivity index (χ1n) is 8.46. The molecule has 0 unspecified atom stereocenters. The number of nitrogens with zero attached hydrogens (tertiary/aromatic N) is 1. The maximum absolute atomic E-state index is 12.4. The van der Waals surface area contributed by atoms with Gasteiger partial charge in [-0.3, -0.25) is 9.79 Å². The van der Waals surface area contributed by atoms with Crippen LogP contribution in [0, 0.1) is 13.8 Å². The molecule has 0 fully saturated rings. The van der Waals surface area contributed by atoms with Crippen LogP contribution in [0.4, 0.5) is 5.69 Å². The summed E-state index contributed by atoms with van der Waals surface area (Å²) in [4.78, 5) is 16.8. The van der Waals surface area contributed by atoms with Crippen molar-refractivity contribution < 1.29 is 4.79 Å². The van der Waals surface area contributed by atoms with E-state index in [0.29, 0.717) is 5.56 Å². The third-order valence-corrected chi connectivity index (χ3v) is 5.06. The van der Waals surface area contributed by atoms with Crippen LogP contribution in [0.3, 0.4) is 0 Å². The van der Waals surface area contributed by atoms with Gasteiger partial charge in [-0.25, -0.2) is 0 Å². The Morgan fingerprint density at radius 2 is 1.96 bits per heavy atom. The molecule has 0 radical (unpaired) electrons. The fourth-order valence-electron chi connectivity index (χ4n) is 2.58. The molecule has 1 N–H and O–H groups in total. The SMILES string of the molecule is Cc1ccc(C)c(C=CC(=O)c2ccc(NC3=NCCCS3)cc2)c1. The topological polar surface area (TPSA) is 41.5 Å². The number of rotatable bonds is 4. The van der Waals surface area contributed by atoms with Crippen molar-refractivity contribution in [2.45, 2.75) is 20.3 Å². The number of thioether (sulfide) groups is 1. The fourth-order valence-corrected chi connectivity index (χ4v) is 3.42. The van der Waals surface area contributed by atoms with Crippen molar-refractivity contribution >= 4 is 34.5 Å². The summed E-state index contributed by atoms with van der Waals surface area (Å²) in [6.07, 6.45) is 4.67. The van der Waals surface area contributed by atoms with E-state index < -0.39 is 0 Å².